The SMILES string of the molecule is O=C1CC[C@@H]2CN(I)CCN12. The number of rotatable bonds is 0. The van der Waals surface area contributed by atoms with Crippen molar-refractivity contribution < 1.29 is 4.79 Å². The topological polar surface area (TPSA) is 23.6 Å². The molecule has 0 aliphatic carbocycles. The van der Waals surface area contributed by atoms with Gasteiger partial charge in [0.05, 0.1) is 0 Å². The zero-order valence-corrected chi connectivity index (χ0v) is 8.45. The minimum atomic E-state index is 0.361. The second-order valence-corrected chi connectivity index (χ2v) is 4.51. The van der Waals surface area contributed by atoms with Gasteiger partial charge in [0.1, 0.15) is 0 Å². The Balaban J connectivity index is 2.06. The van der Waals surface area contributed by atoms with Gasteiger partial charge in [0.15, 0.2) is 0 Å². The average Bonchev–Trinajstić information content (AvgIpc) is 2.32. The third kappa shape index (κ3) is 1.38. The van der Waals surface area contributed by atoms with Gasteiger partial charge in [-0.15, -0.1) is 0 Å². The van der Waals surface area contributed by atoms with Crippen LogP contribution in [0.25, 0.3) is 0 Å². The molecule has 3 nitrogen and oxygen atoms in total. The van der Waals surface area contributed by atoms with Crippen molar-refractivity contribution in [2.45, 2.75) is 18.9 Å². The van der Waals surface area contributed by atoms with Gasteiger partial charge in [0.25, 0.3) is 0 Å². The molecule has 4 heteroatoms. The molecule has 0 bridgehead atoms. The van der Waals surface area contributed by atoms with Gasteiger partial charge in [-0.25, -0.2) is 3.11 Å². The van der Waals surface area contributed by atoms with Crippen molar-refractivity contribution in [3.05, 3.63) is 0 Å². The molecule has 0 N–H and O–H groups in total. The van der Waals surface area contributed by atoms with E-state index in [4.69, 9.17) is 0 Å². The van der Waals surface area contributed by atoms with E-state index in [0.717, 1.165) is 32.5 Å². The Morgan fingerprint density at radius 3 is 3.09 bits per heavy atom. The van der Waals surface area contributed by atoms with Gasteiger partial charge in [-0.3, -0.25) is 4.79 Å². The molecule has 0 unspecified atom stereocenters. The highest BCUT2D eigenvalue weighted by Crippen LogP contribution is 2.23. The van der Waals surface area contributed by atoms with E-state index in [2.05, 4.69) is 26.0 Å². The molecule has 1 amide bonds. The summed E-state index contributed by atoms with van der Waals surface area (Å²) in [6.07, 6.45) is 1.84. The molecule has 2 aliphatic rings. The van der Waals surface area contributed by atoms with Crippen LogP contribution in [0.1, 0.15) is 12.8 Å². The number of halogens is 1. The molecule has 0 aromatic carbocycles. The van der Waals surface area contributed by atoms with Gasteiger partial charge in [-0.1, -0.05) is 0 Å². The van der Waals surface area contributed by atoms with Crippen molar-refractivity contribution in [3.8, 4) is 0 Å². The van der Waals surface area contributed by atoms with Crippen molar-refractivity contribution in [3.63, 3.8) is 0 Å². The lowest BCUT2D eigenvalue weighted by Crippen LogP contribution is -2.47. The molecule has 2 aliphatic heterocycles. The third-order valence-electron chi connectivity index (χ3n) is 2.44. The summed E-state index contributed by atoms with van der Waals surface area (Å²) in [6.45, 7) is 3.03. The van der Waals surface area contributed by atoms with E-state index < -0.39 is 0 Å². The number of hydrogen-bond acceptors (Lipinski definition) is 2. The van der Waals surface area contributed by atoms with Crippen LogP contribution in [0.15, 0.2) is 0 Å². The first-order valence-electron chi connectivity index (χ1n) is 3.97. The number of carbonyl (C=O) groups is 1. The average molecular weight is 266 g/mol. The van der Waals surface area contributed by atoms with Crippen LogP contribution in [0.4, 0.5) is 0 Å². The van der Waals surface area contributed by atoms with Crippen molar-refractivity contribution in [2.75, 3.05) is 19.6 Å². The van der Waals surface area contributed by atoms with E-state index in [1.807, 2.05) is 4.90 Å². The molecule has 0 saturated carbocycles. The minimum Gasteiger partial charge on any atom is -0.337 e. The summed E-state index contributed by atoms with van der Waals surface area (Å²) < 4.78 is 2.28. The van der Waals surface area contributed by atoms with E-state index in [1.54, 1.807) is 0 Å². The summed E-state index contributed by atoms with van der Waals surface area (Å²) >= 11 is 2.34. The maximum atomic E-state index is 11.2. The second-order valence-electron chi connectivity index (χ2n) is 3.15. The zero-order valence-electron chi connectivity index (χ0n) is 6.29. The normalized spacial score (nSPS) is 32.6. The second kappa shape index (κ2) is 2.90. The van der Waals surface area contributed by atoms with Gasteiger partial charge in [0.2, 0.25) is 5.91 Å². The predicted octanol–water partition coefficient (Wildman–Crippen LogP) is 0.643. The number of fused-ring (bicyclic) bond motifs is 1. The molecule has 1 atom stereocenters. The van der Waals surface area contributed by atoms with E-state index in [9.17, 15) is 4.79 Å². The number of hydrogen-bond donors (Lipinski definition) is 0. The Hall–Kier alpha value is 0.160. The van der Waals surface area contributed by atoms with Crippen LogP contribution in [0.3, 0.4) is 0 Å². The van der Waals surface area contributed by atoms with Gasteiger partial charge in [-0.05, 0) is 6.42 Å². The quantitative estimate of drug-likeness (QED) is 0.474. The Morgan fingerprint density at radius 2 is 2.27 bits per heavy atom. The third-order valence-corrected chi connectivity index (χ3v) is 3.32. The van der Waals surface area contributed by atoms with Crippen molar-refractivity contribution >= 4 is 28.8 Å². The van der Waals surface area contributed by atoms with Crippen LogP contribution in [0.5, 0.6) is 0 Å². The van der Waals surface area contributed by atoms with Gasteiger partial charge >= 0.3 is 0 Å². The zero-order chi connectivity index (χ0) is 7.84. The number of nitrogens with zero attached hydrogens (tertiary/aromatic N) is 2. The van der Waals surface area contributed by atoms with Crippen LogP contribution in [-0.2, 0) is 4.79 Å². The molecule has 62 valence electrons. The minimum absolute atomic E-state index is 0.361. The Bertz CT molecular complexity index is 185. The van der Waals surface area contributed by atoms with E-state index in [0.29, 0.717) is 11.9 Å². The molecule has 0 aromatic rings. The number of carbonyl (C=O) groups excluding carboxylic acids is 1. The maximum absolute atomic E-state index is 11.2. The largest absolute Gasteiger partial charge is 0.337 e. The molecule has 0 aromatic heterocycles. The summed E-state index contributed by atoms with van der Waals surface area (Å²) in [5, 5.41) is 0. The van der Waals surface area contributed by atoms with E-state index >= 15 is 0 Å². The fourth-order valence-corrected chi connectivity index (χ4v) is 2.50. The summed E-state index contributed by atoms with van der Waals surface area (Å²) in [6, 6.07) is 0.521. The summed E-state index contributed by atoms with van der Waals surface area (Å²) in [5.41, 5.74) is 0. The lowest BCUT2D eigenvalue weighted by Gasteiger charge is -2.34. The number of piperazine rings is 1. The van der Waals surface area contributed by atoms with Crippen molar-refractivity contribution in [1.29, 1.82) is 0 Å². The fourth-order valence-electron chi connectivity index (χ4n) is 1.83. The van der Waals surface area contributed by atoms with Crippen LogP contribution < -0.4 is 0 Å². The molecular formula is C7H11IN2O. The van der Waals surface area contributed by atoms with Gasteiger partial charge in [-0.2, -0.15) is 0 Å². The molecule has 2 fully saturated rings. The van der Waals surface area contributed by atoms with E-state index in [1.165, 1.54) is 0 Å². The Labute approximate surface area is 80.2 Å². The Morgan fingerprint density at radius 1 is 1.45 bits per heavy atom. The number of amides is 1. The predicted molar refractivity (Wildman–Crippen MR) is 50.3 cm³/mol. The highest BCUT2D eigenvalue weighted by Gasteiger charge is 2.34. The van der Waals surface area contributed by atoms with Crippen LogP contribution in [0.2, 0.25) is 0 Å². The van der Waals surface area contributed by atoms with Crippen LogP contribution in [-0.4, -0.2) is 39.6 Å². The molecule has 2 heterocycles. The smallest absolute Gasteiger partial charge is 0.222 e. The van der Waals surface area contributed by atoms with Gasteiger partial charge < -0.3 is 4.90 Å². The van der Waals surface area contributed by atoms with Crippen LogP contribution >= 0.6 is 22.9 Å². The lowest BCUT2D eigenvalue weighted by atomic mass is 10.2. The van der Waals surface area contributed by atoms with Crippen molar-refractivity contribution in [2.24, 2.45) is 0 Å². The molecule has 2 rings (SSSR count). The molecule has 2 saturated heterocycles. The Kier molecular flexibility index (Phi) is 2.05. The van der Waals surface area contributed by atoms with Gasteiger partial charge in [0, 0.05) is 55.0 Å². The molecule has 0 radical (unpaired) electrons. The molecular weight excluding hydrogens is 255 g/mol. The van der Waals surface area contributed by atoms with Crippen LogP contribution in [0, 0.1) is 0 Å². The standard InChI is InChI=1S/C7H11IN2O/c8-9-3-4-10-6(5-9)1-2-7(10)11/h6H,1-5H2/t6-/m1/s1. The summed E-state index contributed by atoms with van der Waals surface area (Å²) in [7, 11) is 0. The maximum Gasteiger partial charge on any atom is 0.222 e. The first-order valence-corrected chi connectivity index (χ1v) is 4.94. The highest BCUT2D eigenvalue weighted by atomic mass is 127. The lowest BCUT2D eigenvalue weighted by molar-refractivity contribution is -0.129. The first-order chi connectivity index (χ1) is 5.27. The van der Waals surface area contributed by atoms with E-state index in [-0.39, 0.29) is 0 Å². The molecule has 11 heavy (non-hydrogen) atoms. The summed E-state index contributed by atoms with van der Waals surface area (Å²) in [4.78, 5) is 13.3. The highest BCUT2D eigenvalue weighted by molar-refractivity contribution is 14.1. The first kappa shape index (κ1) is 7.79. The summed E-state index contributed by atoms with van der Waals surface area (Å²) in [5.74, 6) is 0.361. The fraction of sp³-hybridized carbons (Fsp3) is 0.857. The van der Waals surface area contributed by atoms with Crippen molar-refractivity contribution in [1.82, 2.24) is 8.01 Å². The monoisotopic (exact) mass is 266 g/mol. The molecule has 0 spiro atoms.